The van der Waals surface area contributed by atoms with E-state index in [2.05, 4.69) is 5.32 Å². The summed E-state index contributed by atoms with van der Waals surface area (Å²) in [6, 6.07) is 3.68. The number of urea groups is 1. The summed E-state index contributed by atoms with van der Waals surface area (Å²) < 4.78 is 4.78. The van der Waals surface area contributed by atoms with Crippen molar-refractivity contribution in [1.29, 1.82) is 0 Å². The van der Waals surface area contributed by atoms with E-state index >= 15 is 0 Å². The van der Waals surface area contributed by atoms with Gasteiger partial charge in [-0.25, -0.2) is 9.59 Å². The zero-order valence-electron chi connectivity index (χ0n) is 12.3. The Balaban J connectivity index is 2.45. The molecule has 0 radical (unpaired) electrons. The number of amides is 3. The number of benzene rings is 1. The molecule has 0 aromatic heterocycles. The summed E-state index contributed by atoms with van der Waals surface area (Å²) in [5.74, 6) is -1.28. The first-order valence-corrected chi connectivity index (χ1v) is 6.97. The molecule has 0 spiro atoms. The first kappa shape index (κ1) is 17.8. The van der Waals surface area contributed by atoms with E-state index in [4.69, 9.17) is 22.1 Å². The first-order valence-electron chi connectivity index (χ1n) is 6.59. The molecule has 4 N–H and O–H groups in total. The molecule has 0 aliphatic heterocycles. The molecule has 0 saturated heterocycles. The Morgan fingerprint density at radius 3 is 2.64 bits per heavy atom. The second-order valence-electron chi connectivity index (χ2n) is 4.96. The molecule has 0 bridgehead atoms. The Kier molecular flexibility index (Phi) is 6.65. The Morgan fingerprint density at radius 2 is 2.00 bits per heavy atom. The molecule has 1 aromatic rings. The van der Waals surface area contributed by atoms with Gasteiger partial charge in [-0.1, -0.05) is 25.4 Å². The van der Waals surface area contributed by atoms with Crippen LogP contribution in [-0.2, 0) is 9.53 Å². The summed E-state index contributed by atoms with van der Waals surface area (Å²) in [7, 11) is 0. The second-order valence-corrected chi connectivity index (χ2v) is 5.40. The molecule has 0 heterocycles. The van der Waals surface area contributed by atoms with E-state index in [-0.39, 0.29) is 17.2 Å². The minimum Gasteiger partial charge on any atom is -0.452 e. The molecule has 0 saturated carbocycles. The third-order valence-corrected chi connectivity index (χ3v) is 2.73. The number of carbonyl (C=O) groups is 3. The maximum Gasteiger partial charge on any atom is 0.340 e. The Morgan fingerprint density at radius 1 is 1.32 bits per heavy atom. The number of hydrogen-bond acceptors (Lipinski definition) is 5. The van der Waals surface area contributed by atoms with Gasteiger partial charge in [-0.3, -0.25) is 10.1 Å². The van der Waals surface area contributed by atoms with E-state index in [0.29, 0.717) is 11.6 Å². The molecule has 7 nitrogen and oxygen atoms in total. The number of hydrogen-bond donors (Lipinski definition) is 3. The van der Waals surface area contributed by atoms with Crippen LogP contribution in [0.3, 0.4) is 0 Å². The zero-order chi connectivity index (χ0) is 16.7. The van der Waals surface area contributed by atoms with Gasteiger partial charge < -0.3 is 15.8 Å². The molecule has 3 amide bonds. The number of carbonyl (C=O) groups excluding carboxylic acids is 3. The van der Waals surface area contributed by atoms with Gasteiger partial charge in [-0.15, -0.1) is 0 Å². The molecule has 1 aromatic carbocycles. The molecule has 0 aliphatic rings. The summed E-state index contributed by atoms with van der Waals surface area (Å²) in [5, 5.41) is 4.86. The highest BCUT2D eigenvalue weighted by Crippen LogP contribution is 2.18. The normalized spacial score (nSPS) is 10.2. The van der Waals surface area contributed by atoms with Crippen molar-refractivity contribution < 1.29 is 19.1 Å². The number of nitrogens with one attached hydrogen (secondary N) is 2. The molecule has 22 heavy (non-hydrogen) atoms. The zero-order valence-corrected chi connectivity index (χ0v) is 13.1. The Hall–Kier alpha value is -2.28. The fraction of sp³-hybridized carbons (Fsp3) is 0.357. The maximum atomic E-state index is 11.8. The van der Waals surface area contributed by atoms with E-state index in [9.17, 15) is 14.4 Å². The quantitative estimate of drug-likeness (QED) is 0.561. The minimum absolute atomic E-state index is 0.0598. The van der Waals surface area contributed by atoms with Crippen molar-refractivity contribution in [2.75, 3.05) is 18.9 Å². The highest BCUT2D eigenvalue weighted by atomic mass is 35.5. The lowest BCUT2D eigenvalue weighted by Gasteiger charge is -2.09. The van der Waals surface area contributed by atoms with Crippen LogP contribution in [0.25, 0.3) is 0 Å². The van der Waals surface area contributed by atoms with Gasteiger partial charge >= 0.3 is 12.0 Å². The van der Waals surface area contributed by atoms with Crippen molar-refractivity contribution in [1.82, 2.24) is 10.6 Å². The van der Waals surface area contributed by atoms with Crippen molar-refractivity contribution in [3.8, 4) is 0 Å². The van der Waals surface area contributed by atoms with Crippen LogP contribution in [0.4, 0.5) is 10.5 Å². The molecule has 1 rings (SSSR count). The Bertz CT molecular complexity index is 575. The number of imide groups is 1. The van der Waals surface area contributed by atoms with Crippen LogP contribution >= 0.6 is 11.6 Å². The highest BCUT2D eigenvalue weighted by molar-refractivity contribution is 6.31. The number of halogens is 1. The van der Waals surface area contributed by atoms with Crippen molar-refractivity contribution in [3.63, 3.8) is 0 Å². The fourth-order valence-corrected chi connectivity index (χ4v) is 1.59. The minimum atomic E-state index is -0.794. The maximum absolute atomic E-state index is 11.8. The molecular weight excluding hydrogens is 310 g/mol. The molecule has 120 valence electrons. The van der Waals surface area contributed by atoms with E-state index in [1.807, 2.05) is 19.2 Å². The second kappa shape index (κ2) is 8.23. The van der Waals surface area contributed by atoms with Gasteiger partial charge in [0.05, 0.1) is 5.56 Å². The Labute approximate surface area is 133 Å². The van der Waals surface area contributed by atoms with Gasteiger partial charge in [0.25, 0.3) is 5.91 Å². The SMILES string of the molecule is CC(C)CNC(=O)NC(=O)COC(=O)c1cc(Cl)ccc1N. The number of nitrogen functional groups attached to an aromatic ring is 1. The summed E-state index contributed by atoms with van der Waals surface area (Å²) in [6.07, 6.45) is 0. The molecule has 8 heteroatoms. The molecule has 0 fully saturated rings. The van der Waals surface area contributed by atoms with Gasteiger partial charge in [0.1, 0.15) is 0 Å². The summed E-state index contributed by atoms with van der Waals surface area (Å²) in [5.41, 5.74) is 5.87. The number of rotatable bonds is 5. The molecular formula is C14H18ClN3O4. The third-order valence-electron chi connectivity index (χ3n) is 2.49. The van der Waals surface area contributed by atoms with E-state index in [0.717, 1.165) is 0 Å². The number of nitrogens with two attached hydrogens (primary N) is 1. The van der Waals surface area contributed by atoms with E-state index in [1.165, 1.54) is 18.2 Å². The van der Waals surface area contributed by atoms with Gasteiger partial charge in [-0.05, 0) is 24.1 Å². The van der Waals surface area contributed by atoms with Crippen LogP contribution in [0.5, 0.6) is 0 Å². The summed E-state index contributed by atoms with van der Waals surface area (Å²) in [6.45, 7) is 3.66. The topological polar surface area (TPSA) is 111 Å². The number of ether oxygens (including phenoxy) is 1. The number of anilines is 1. The van der Waals surface area contributed by atoms with Crippen molar-refractivity contribution in [2.24, 2.45) is 5.92 Å². The van der Waals surface area contributed by atoms with Crippen LogP contribution in [0.2, 0.25) is 5.02 Å². The largest absolute Gasteiger partial charge is 0.452 e. The first-order chi connectivity index (χ1) is 10.3. The van der Waals surface area contributed by atoms with E-state index in [1.54, 1.807) is 0 Å². The monoisotopic (exact) mass is 327 g/mol. The highest BCUT2D eigenvalue weighted by Gasteiger charge is 2.15. The van der Waals surface area contributed by atoms with Crippen LogP contribution in [0, 0.1) is 5.92 Å². The smallest absolute Gasteiger partial charge is 0.340 e. The predicted octanol–water partition coefficient (Wildman–Crippen LogP) is 1.56. The van der Waals surface area contributed by atoms with Gasteiger partial charge in [-0.2, -0.15) is 0 Å². The van der Waals surface area contributed by atoms with Crippen LogP contribution < -0.4 is 16.4 Å². The molecule has 0 aliphatic carbocycles. The lowest BCUT2D eigenvalue weighted by atomic mass is 10.2. The lowest BCUT2D eigenvalue weighted by molar-refractivity contribution is -0.123. The third kappa shape index (κ3) is 6.01. The van der Waals surface area contributed by atoms with Crippen LogP contribution in [0.1, 0.15) is 24.2 Å². The van der Waals surface area contributed by atoms with Crippen molar-refractivity contribution >= 4 is 35.2 Å². The average molecular weight is 328 g/mol. The fourth-order valence-electron chi connectivity index (χ4n) is 1.42. The van der Waals surface area contributed by atoms with Crippen LogP contribution in [-0.4, -0.2) is 31.1 Å². The van der Waals surface area contributed by atoms with Crippen LogP contribution in [0.15, 0.2) is 18.2 Å². The predicted molar refractivity (Wildman–Crippen MR) is 82.5 cm³/mol. The summed E-state index contributed by atoms with van der Waals surface area (Å²) >= 11 is 5.76. The summed E-state index contributed by atoms with van der Waals surface area (Å²) in [4.78, 5) is 34.6. The molecule has 0 unspecified atom stereocenters. The number of esters is 1. The lowest BCUT2D eigenvalue weighted by Crippen LogP contribution is -2.42. The van der Waals surface area contributed by atoms with Crippen molar-refractivity contribution in [2.45, 2.75) is 13.8 Å². The van der Waals surface area contributed by atoms with Gasteiger partial charge in [0, 0.05) is 17.3 Å². The molecule has 0 atom stereocenters. The van der Waals surface area contributed by atoms with E-state index < -0.39 is 24.5 Å². The van der Waals surface area contributed by atoms with Crippen molar-refractivity contribution in [3.05, 3.63) is 28.8 Å². The van der Waals surface area contributed by atoms with Gasteiger partial charge in [0.2, 0.25) is 0 Å². The van der Waals surface area contributed by atoms with Gasteiger partial charge in [0.15, 0.2) is 6.61 Å². The standard InChI is InChI=1S/C14H18ClN3O4/c1-8(2)6-17-14(21)18-12(19)7-22-13(20)10-5-9(15)3-4-11(10)16/h3-5,8H,6-7,16H2,1-2H3,(H2,17,18,19,21). The average Bonchev–Trinajstić information content (AvgIpc) is 2.45.